The molecule has 0 bridgehead atoms. The van der Waals surface area contributed by atoms with Crippen molar-refractivity contribution in [1.29, 1.82) is 0 Å². The lowest BCUT2D eigenvalue weighted by atomic mass is 10.2. The van der Waals surface area contributed by atoms with Gasteiger partial charge in [-0.2, -0.15) is 0 Å². The third kappa shape index (κ3) is 3.80. The Labute approximate surface area is 136 Å². The average molecular weight is 305 g/mol. The van der Waals surface area contributed by atoms with E-state index in [0.29, 0.717) is 0 Å². The van der Waals surface area contributed by atoms with Crippen LogP contribution in [0.3, 0.4) is 0 Å². The van der Waals surface area contributed by atoms with Crippen molar-refractivity contribution in [2.75, 3.05) is 5.75 Å². The van der Waals surface area contributed by atoms with Crippen molar-refractivity contribution < 1.29 is 0 Å². The van der Waals surface area contributed by atoms with Crippen molar-refractivity contribution in [2.24, 2.45) is 0 Å². The van der Waals surface area contributed by atoms with Gasteiger partial charge in [0.2, 0.25) is 0 Å². The predicted octanol–water partition coefficient (Wildman–Crippen LogP) is 5.27. The van der Waals surface area contributed by atoms with E-state index in [4.69, 9.17) is 0 Å². The highest BCUT2D eigenvalue weighted by atomic mass is 32.2. The zero-order valence-corrected chi connectivity index (χ0v) is 13.7. The Morgan fingerprint density at radius 2 is 1.18 bits per heavy atom. The standard InChI is InChI=1S/C21H21S/c1-18-12-14-21(15-13-18)22(20-10-6-3-7-11-20)17-16-19-8-4-2-5-9-19/h2-15H,16-17H2,1H3/q+1. The lowest BCUT2D eigenvalue weighted by Crippen LogP contribution is -2.11. The molecule has 0 aliphatic rings. The van der Waals surface area contributed by atoms with Crippen molar-refractivity contribution in [3.8, 4) is 0 Å². The molecule has 0 nitrogen and oxygen atoms in total. The van der Waals surface area contributed by atoms with E-state index in [9.17, 15) is 0 Å². The minimum absolute atomic E-state index is 0.140. The van der Waals surface area contributed by atoms with Crippen LogP contribution in [0.5, 0.6) is 0 Å². The van der Waals surface area contributed by atoms with Gasteiger partial charge in [-0.15, -0.1) is 0 Å². The Bertz CT molecular complexity index is 687. The Hall–Kier alpha value is -1.99. The fourth-order valence-electron chi connectivity index (χ4n) is 2.52. The number of hydrogen-bond acceptors (Lipinski definition) is 0. The normalized spacial score (nSPS) is 12.0. The molecule has 0 saturated heterocycles. The first-order valence-corrected chi connectivity index (χ1v) is 9.09. The van der Waals surface area contributed by atoms with Crippen molar-refractivity contribution in [3.63, 3.8) is 0 Å². The molecule has 3 aromatic carbocycles. The Morgan fingerprint density at radius 1 is 0.636 bits per heavy atom. The summed E-state index contributed by atoms with van der Waals surface area (Å²) in [5.41, 5.74) is 2.74. The van der Waals surface area contributed by atoms with E-state index in [1.54, 1.807) is 0 Å². The lowest BCUT2D eigenvalue weighted by Gasteiger charge is -2.09. The first kappa shape index (κ1) is 14.9. The van der Waals surface area contributed by atoms with Crippen molar-refractivity contribution in [3.05, 3.63) is 96.1 Å². The molecule has 110 valence electrons. The van der Waals surface area contributed by atoms with Gasteiger partial charge in [-0.05, 0) is 36.8 Å². The van der Waals surface area contributed by atoms with Crippen LogP contribution in [0.1, 0.15) is 11.1 Å². The fraction of sp³-hybridized carbons (Fsp3) is 0.143. The van der Waals surface area contributed by atoms with Crippen LogP contribution in [-0.4, -0.2) is 5.75 Å². The van der Waals surface area contributed by atoms with Crippen LogP contribution in [0.4, 0.5) is 0 Å². The van der Waals surface area contributed by atoms with Gasteiger partial charge < -0.3 is 0 Å². The molecule has 0 amide bonds. The Kier molecular flexibility index (Phi) is 4.97. The molecule has 1 atom stereocenters. The molecular formula is C21H21S+. The summed E-state index contributed by atoms with van der Waals surface area (Å²) in [7, 11) is 0.140. The molecule has 3 rings (SSSR count). The maximum atomic E-state index is 2.29. The molecule has 0 aromatic heterocycles. The number of rotatable bonds is 5. The zero-order chi connectivity index (χ0) is 15.2. The molecule has 1 heteroatoms. The van der Waals surface area contributed by atoms with E-state index in [2.05, 4.69) is 91.9 Å². The minimum Gasteiger partial charge on any atom is -0.0622 e. The molecule has 0 radical (unpaired) electrons. The number of benzene rings is 3. The molecular weight excluding hydrogens is 284 g/mol. The van der Waals surface area contributed by atoms with Crippen LogP contribution in [0.2, 0.25) is 0 Å². The summed E-state index contributed by atoms with van der Waals surface area (Å²) in [5, 5.41) is 0. The van der Waals surface area contributed by atoms with Crippen LogP contribution in [0.25, 0.3) is 0 Å². The molecule has 0 heterocycles. The highest BCUT2D eigenvalue weighted by Crippen LogP contribution is 2.24. The highest BCUT2D eigenvalue weighted by molar-refractivity contribution is 7.97. The van der Waals surface area contributed by atoms with E-state index in [0.717, 1.165) is 12.2 Å². The molecule has 22 heavy (non-hydrogen) atoms. The topological polar surface area (TPSA) is 0 Å². The molecule has 0 aliphatic carbocycles. The molecule has 3 aromatic rings. The third-order valence-electron chi connectivity index (χ3n) is 3.77. The Balaban J connectivity index is 1.85. The lowest BCUT2D eigenvalue weighted by molar-refractivity contribution is 1.14. The van der Waals surface area contributed by atoms with Gasteiger partial charge in [0, 0.05) is 6.42 Å². The van der Waals surface area contributed by atoms with Crippen LogP contribution >= 0.6 is 0 Å². The summed E-state index contributed by atoms with van der Waals surface area (Å²) in [6, 6.07) is 30.7. The van der Waals surface area contributed by atoms with Crippen molar-refractivity contribution in [1.82, 2.24) is 0 Å². The number of aryl methyl sites for hydroxylation is 2. The summed E-state index contributed by atoms with van der Waals surface area (Å²) in [4.78, 5) is 2.87. The van der Waals surface area contributed by atoms with Gasteiger partial charge in [-0.1, -0.05) is 66.2 Å². The fourth-order valence-corrected chi connectivity index (χ4v) is 4.66. The van der Waals surface area contributed by atoms with Crippen molar-refractivity contribution in [2.45, 2.75) is 23.1 Å². The van der Waals surface area contributed by atoms with Crippen LogP contribution in [-0.2, 0) is 17.3 Å². The van der Waals surface area contributed by atoms with E-state index < -0.39 is 0 Å². The van der Waals surface area contributed by atoms with Gasteiger partial charge in [-0.25, -0.2) is 0 Å². The smallest absolute Gasteiger partial charge is 0.0622 e. The SMILES string of the molecule is Cc1ccc([S+](CCc2ccccc2)c2ccccc2)cc1. The molecule has 0 spiro atoms. The zero-order valence-electron chi connectivity index (χ0n) is 12.9. The largest absolute Gasteiger partial charge is 0.160 e. The van der Waals surface area contributed by atoms with E-state index in [1.165, 1.54) is 20.9 Å². The van der Waals surface area contributed by atoms with Gasteiger partial charge in [0.25, 0.3) is 0 Å². The van der Waals surface area contributed by atoms with Crippen molar-refractivity contribution >= 4 is 10.9 Å². The summed E-state index contributed by atoms with van der Waals surface area (Å²) in [6.45, 7) is 2.15. The molecule has 1 unspecified atom stereocenters. The molecule has 0 fully saturated rings. The summed E-state index contributed by atoms with van der Waals surface area (Å²) in [5.74, 6) is 1.16. The maximum Gasteiger partial charge on any atom is 0.160 e. The van der Waals surface area contributed by atoms with Crippen LogP contribution in [0.15, 0.2) is 94.7 Å². The van der Waals surface area contributed by atoms with Gasteiger partial charge in [0.15, 0.2) is 9.79 Å². The monoisotopic (exact) mass is 305 g/mol. The van der Waals surface area contributed by atoms with Gasteiger partial charge >= 0.3 is 0 Å². The third-order valence-corrected chi connectivity index (χ3v) is 6.07. The second-order valence-electron chi connectivity index (χ2n) is 5.46. The maximum absolute atomic E-state index is 2.29. The molecule has 0 N–H and O–H groups in total. The van der Waals surface area contributed by atoms with E-state index >= 15 is 0 Å². The first-order valence-electron chi connectivity index (χ1n) is 7.69. The van der Waals surface area contributed by atoms with Gasteiger partial charge in [0.1, 0.15) is 5.75 Å². The van der Waals surface area contributed by atoms with Gasteiger partial charge in [-0.3, -0.25) is 0 Å². The van der Waals surface area contributed by atoms with Gasteiger partial charge in [0.05, 0.1) is 10.9 Å². The van der Waals surface area contributed by atoms with E-state index in [-0.39, 0.29) is 10.9 Å². The Morgan fingerprint density at radius 3 is 1.82 bits per heavy atom. The molecule has 0 saturated carbocycles. The summed E-state index contributed by atoms with van der Waals surface area (Å²) in [6.07, 6.45) is 1.12. The van der Waals surface area contributed by atoms with E-state index in [1.807, 2.05) is 0 Å². The quantitative estimate of drug-likeness (QED) is 0.563. The summed E-state index contributed by atoms with van der Waals surface area (Å²) < 4.78 is 0. The second-order valence-corrected chi connectivity index (χ2v) is 7.59. The average Bonchev–Trinajstić information content (AvgIpc) is 2.58. The first-order chi connectivity index (χ1) is 10.8. The summed E-state index contributed by atoms with van der Waals surface area (Å²) >= 11 is 0. The highest BCUT2D eigenvalue weighted by Gasteiger charge is 2.24. The van der Waals surface area contributed by atoms with Crippen LogP contribution in [0, 0.1) is 6.92 Å². The minimum atomic E-state index is 0.140. The van der Waals surface area contributed by atoms with Crippen LogP contribution < -0.4 is 0 Å². The second kappa shape index (κ2) is 7.33. The predicted molar refractivity (Wildman–Crippen MR) is 96.5 cm³/mol. The number of hydrogen-bond donors (Lipinski definition) is 0. The molecule has 0 aliphatic heterocycles.